The second kappa shape index (κ2) is 5.82. The molecule has 0 heterocycles. The van der Waals surface area contributed by atoms with Gasteiger partial charge < -0.3 is 5.32 Å². The van der Waals surface area contributed by atoms with Crippen molar-refractivity contribution in [1.29, 1.82) is 0 Å². The smallest absolute Gasteiger partial charge is 0.335 e. The molecular formula is C15H12NO3. The Hall–Kier alpha value is -2.62. The molecule has 4 nitrogen and oxygen atoms in total. The first kappa shape index (κ1) is 12.8. The maximum atomic E-state index is 11.9. The minimum absolute atomic E-state index is 0.407. The van der Waals surface area contributed by atoms with Crippen LogP contribution in [-0.2, 0) is 9.90 Å². The zero-order chi connectivity index (χ0) is 13.7. The highest BCUT2D eigenvalue weighted by atomic mass is 16.4. The van der Waals surface area contributed by atoms with Gasteiger partial charge in [-0.05, 0) is 17.7 Å². The lowest BCUT2D eigenvalue weighted by atomic mass is 10.1. The summed E-state index contributed by atoms with van der Waals surface area (Å²) in [5.41, 5.74) is 0.886. The van der Waals surface area contributed by atoms with Crippen LogP contribution >= 0.6 is 0 Å². The predicted octanol–water partition coefficient (Wildman–Crippen LogP) is 2.11. The van der Waals surface area contributed by atoms with Crippen LogP contribution in [0.5, 0.6) is 0 Å². The molecule has 0 fully saturated rings. The summed E-state index contributed by atoms with van der Waals surface area (Å²) in [6.07, 6.45) is 0. The molecule has 0 aliphatic heterocycles. The molecule has 2 aromatic carbocycles. The number of carbonyl (C=O) groups is 2. The van der Waals surface area contributed by atoms with Crippen LogP contribution in [0.25, 0.3) is 0 Å². The van der Waals surface area contributed by atoms with Gasteiger partial charge in [-0.25, -0.2) is 9.90 Å². The molecule has 0 aromatic heterocycles. The minimum atomic E-state index is -1.34. The van der Waals surface area contributed by atoms with Crippen molar-refractivity contribution in [3.8, 4) is 0 Å². The fraction of sp³-hybridized carbons (Fsp3) is 0.0667. The third-order valence-corrected chi connectivity index (χ3v) is 2.68. The fourth-order valence-electron chi connectivity index (χ4n) is 1.73. The SMILES string of the molecule is [O]C(=O)C(NC(=O)c1ccccc1)c1ccccc1. The summed E-state index contributed by atoms with van der Waals surface area (Å²) in [5, 5.41) is 13.6. The van der Waals surface area contributed by atoms with Gasteiger partial charge in [-0.1, -0.05) is 48.5 Å². The zero-order valence-corrected chi connectivity index (χ0v) is 10.1. The van der Waals surface area contributed by atoms with Crippen LogP contribution in [-0.4, -0.2) is 11.9 Å². The average Bonchev–Trinajstić information content (AvgIpc) is 2.46. The van der Waals surface area contributed by atoms with E-state index in [2.05, 4.69) is 5.32 Å². The minimum Gasteiger partial charge on any atom is -0.335 e. The first-order chi connectivity index (χ1) is 9.18. The maximum Gasteiger partial charge on any atom is 0.382 e. The van der Waals surface area contributed by atoms with E-state index < -0.39 is 17.9 Å². The van der Waals surface area contributed by atoms with Gasteiger partial charge in [0.05, 0.1) is 0 Å². The maximum absolute atomic E-state index is 11.9. The molecule has 95 valence electrons. The third kappa shape index (κ3) is 3.19. The lowest BCUT2D eigenvalue weighted by Gasteiger charge is -2.13. The van der Waals surface area contributed by atoms with Crippen molar-refractivity contribution in [2.45, 2.75) is 6.04 Å². The molecule has 0 saturated carbocycles. The third-order valence-electron chi connectivity index (χ3n) is 2.68. The van der Waals surface area contributed by atoms with E-state index in [4.69, 9.17) is 0 Å². The Balaban J connectivity index is 2.19. The Morgan fingerprint density at radius 2 is 1.37 bits per heavy atom. The molecule has 1 atom stereocenters. The van der Waals surface area contributed by atoms with E-state index in [1.54, 1.807) is 60.7 Å². The highest BCUT2D eigenvalue weighted by Gasteiger charge is 2.23. The summed E-state index contributed by atoms with van der Waals surface area (Å²) in [5.74, 6) is -1.78. The monoisotopic (exact) mass is 254 g/mol. The van der Waals surface area contributed by atoms with Crippen molar-refractivity contribution < 1.29 is 14.7 Å². The van der Waals surface area contributed by atoms with E-state index >= 15 is 0 Å². The van der Waals surface area contributed by atoms with Crippen LogP contribution < -0.4 is 5.32 Å². The van der Waals surface area contributed by atoms with Crippen LogP contribution in [0.4, 0.5) is 0 Å². The van der Waals surface area contributed by atoms with Gasteiger partial charge in [0, 0.05) is 5.56 Å². The van der Waals surface area contributed by atoms with Crippen LogP contribution in [0.15, 0.2) is 60.7 Å². The van der Waals surface area contributed by atoms with E-state index in [-0.39, 0.29) is 0 Å². The fourth-order valence-corrected chi connectivity index (χ4v) is 1.73. The van der Waals surface area contributed by atoms with Gasteiger partial charge >= 0.3 is 5.97 Å². The summed E-state index contributed by atoms with van der Waals surface area (Å²) in [4.78, 5) is 23.1. The first-order valence-corrected chi connectivity index (χ1v) is 5.80. The van der Waals surface area contributed by atoms with E-state index in [1.165, 1.54) is 0 Å². The summed E-state index contributed by atoms with van der Waals surface area (Å²) < 4.78 is 0. The lowest BCUT2D eigenvalue weighted by molar-refractivity contribution is -0.145. The van der Waals surface area contributed by atoms with Crippen molar-refractivity contribution in [3.63, 3.8) is 0 Å². The van der Waals surface area contributed by atoms with E-state index in [1.807, 2.05) is 0 Å². The Labute approximate surface area is 110 Å². The number of rotatable bonds is 4. The molecule has 2 aromatic rings. The molecule has 0 aliphatic carbocycles. The van der Waals surface area contributed by atoms with Gasteiger partial charge in [-0.2, -0.15) is 0 Å². The molecule has 1 radical (unpaired) electrons. The zero-order valence-electron chi connectivity index (χ0n) is 10.1. The number of benzene rings is 2. The molecule has 0 aliphatic rings. The van der Waals surface area contributed by atoms with Gasteiger partial charge in [-0.15, -0.1) is 0 Å². The quantitative estimate of drug-likeness (QED) is 0.908. The Morgan fingerprint density at radius 1 is 0.842 bits per heavy atom. The topological polar surface area (TPSA) is 66.1 Å². The summed E-state index contributed by atoms with van der Waals surface area (Å²) >= 11 is 0. The van der Waals surface area contributed by atoms with Gasteiger partial charge in [0.25, 0.3) is 5.91 Å². The van der Waals surface area contributed by atoms with Gasteiger partial charge in [0.15, 0.2) is 6.04 Å². The van der Waals surface area contributed by atoms with Crippen LogP contribution in [0.1, 0.15) is 22.0 Å². The number of hydrogen-bond donors (Lipinski definition) is 1. The lowest BCUT2D eigenvalue weighted by Crippen LogP contribution is -2.33. The van der Waals surface area contributed by atoms with E-state index in [0.29, 0.717) is 11.1 Å². The summed E-state index contributed by atoms with van der Waals surface area (Å²) in [6.45, 7) is 0. The highest BCUT2D eigenvalue weighted by Crippen LogP contribution is 2.14. The molecule has 19 heavy (non-hydrogen) atoms. The van der Waals surface area contributed by atoms with Crippen molar-refractivity contribution in [1.82, 2.24) is 5.32 Å². The second-order valence-electron chi connectivity index (χ2n) is 4.00. The standard InChI is InChI=1S/C15H12NO3/c17-14(12-9-5-2-6-10-12)16-13(15(18)19)11-7-3-1-4-8-11/h1-10,13H,(H,16,17). The number of amides is 1. The molecular weight excluding hydrogens is 242 g/mol. The van der Waals surface area contributed by atoms with Crippen LogP contribution in [0.3, 0.4) is 0 Å². The molecule has 2 rings (SSSR count). The molecule has 0 saturated heterocycles. The van der Waals surface area contributed by atoms with Crippen molar-refractivity contribution >= 4 is 11.9 Å². The highest BCUT2D eigenvalue weighted by molar-refractivity contribution is 5.96. The van der Waals surface area contributed by atoms with E-state index in [9.17, 15) is 14.7 Å². The van der Waals surface area contributed by atoms with E-state index in [0.717, 1.165) is 0 Å². The van der Waals surface area contributed by atoms with Crippen LogP contribution in [0.2, 0.25) is 0 Å². The number of hydrogen-bond acceptors (Lipinski definition) is 2. The Morgan fingerprint density at radius 3 is 1.89 bits per heavy atom. The Kier molecular flexibility index (Phi) is 3.93. The first-order valence-electron chi connectivity index (χ1n) is 5.80. The average molecular weight is 254 g/mol. The molecule has 0 bridgehead atoms. The van der Waals surface area contributed by atoms with Gasteiger partial charge in [-0.3, -0.25) is 4.79 Å². The molecule has 1 N–H and O–H groups in total. The normalized spacial score (nSPS) is 11.6. The molecule has 0 spiro atoms. The van der Waals surface area contributed by atoms with Crippen molar-refractivity contribution in [3.05, 3.63) is 71.8 Å². The predicted molar refractivity (Wildman–Crippen MR) is 68.8 cm³/mol. The van der Waals surface area contributed by atoms with Crippen molar-refractivity contribution in [2.24, 2.45) is 0 Å². The summed E-state index contributed by atoms with van der Waals surface area (Å²) in [7, 11) is 0. The largest absolute Gasteiger partial charge is 0.382 e. The molecule has 4 heteroatoms. The number of nitrogens with one attached hydrogen (secondary N) is 1. The Bertz CT molecular complexity index is 566. The number of carbonyl (C=O) groups excluding carboxylic acids is 2. The van der Waals surface area contributed by atoms with Crippen molar-refractivity contribution in [2.75, 3.05) is 0 Å². The van der Waals surface area contributed by atoms with Crippen LogP contribution in [0, 0.1) is 0 Å². The molecule has 1 unspecified atom stereocenters. The van der Waals surface area contributed by atoms with Gasteiger partial charge in [0.1, 0.15) is 0 Å². The molecule has 1 amide bonds. The summed E-state index contributed by atoms with van der Waals surface area (Å²) in [6, 6.07) is 15.7. The van der Waals surface area contributed by atoms with Gasteiger partial charge in [0.2, 0.25) is 0 Å². The second-order valence-corrected chi connectivity index (χ2v) is 4.00.